The summed E-state index contributed by atoms with van der Waals surface area (Å²) in [5.74, 6) is 3.05. The highest BCUT2D eigenvalue weighted by Crippen LogP contribution is 2.30. The number of anilines is 3. The Bertz CT molecular complexity index is 976. The van der Waals surface area contributed by atoms with Gasteiger partial charge >= 0.3 is 0 Å². The van der Waals surface area contributed by atoms with Gasteiger partial charge in [0.1, 0.15) is 23.2 Å². The van der Waals surface area contributed by atoms with Crippen molar-refractivity contribution in [1.29, 1.82) is 0 Å². The zero-order chi connectivity index (χ0) is 18.8. The second-order valence-corrected chi connectivity index (χ2v) is 6.98. The first-order valence-electron chi connectivity index (χ1n) is 8.90. The molecule has 0 atom stereocenters. The summed E-state index contributed by atoms with van der Waals surface area (Å²) in [6, 6.07) is 16.2. The van der Waals surface area contributed by atoms with Gasteiger partial charge in [-0.25, -0.2) is 9.97 Å². The van der Waals surface area contributed by atoms with Gasteiger partial charge in [0, 0.05) is 24.8 Å². The quantitative estimate of drug-likeness (QED) is 0.707. The minimum Gasteiger partial charge on any atom is -0.495 e. The summed E-state index contributed by atoms with van der Waals surface area (Å²) < 4.78 is 5.20. The van der Waals surface area contributed by atoms with Gasteiger partial charge in [0.15, 0.2) is 0 Å². The monoisotopic (exact) mass is 380 g/mol. The number of rotatable bonds is 4. The van der Waals surface area contributed by atoms with Gasteiger partial charge in [0.2, 0.25) is 0 Å². The van der Waals surface area contributed by atoms with Crippen LogP contribution in [0.5, 0.6) is 5.75 Å². The lowest BCUT2D eigenvalue weighted by Gasteiger charge is -2.30. The second-order valence-electron chi connectivity index (χ2n) is 6.57. The van der Waals surface area contributed by atoms with E-state index in [0.29, 0.717) is 10.8 Å². The van der Waals surface area contributed by atoms with Crippen molar-refractivity contribution in [3.63, 3.8) is 0 Å². The summed E-state index contributed by atoms with van der Waals surface area (Å²) in [5, 5.41) is 3.87. The number of nitrogens with zero attached hydrogens (tertiary/aromatic N) is 3. The second kappa shape index (κ2) is 7.45. The third-order valence-electron chi connectivity index (χ3n) is 4.70. The van der Waals surface area contributed by atoms with Crippen LogP contribution in [0.2, 0.25) is 5.02 Å². The summed E-state index contributed by atoms with van der Waals surface area (Å²) in [5.41, 5.74) is 3.64. The minimum absolute atomic E-state index is 0.557. The highest BCUT2D eigenvalue weighted by atomic mass is 35.5. The highest BCUT2D eigenvalue weighted by Gasteiger charge is 2.18. The van der Waals surface area contributed by atoms with Crippen molar-refractivity contribution >= 4 is 28.9 Å². The fourth-order valence-electron chi connectivity index (χ4n) is 3.36. The Morgan fingerprint density at radius 3 is 2.67 bits per heavy atom. The van der Waals surface area contributed by atoms with Crippen molar-refractivity contribution in [1.82, 2.24) is 9.97 Å². The van der Waals surface area contributed by atoms with Crippen LogP contribution >= 0.6 is 11.6 Å². The van der Waals surface area contributed by atoms with Gasteiger partial charge < -0.3 is 15.0 Å². The maximum Gasteiger partial charge on any atom is 0.137 e. The molecule has 0 aliphatic carbocycles. The molecule has 0 saturated carbocycles. The Morgan fingerprint density at radius 1 is 1.07 bits per heavy atom. The van der Waals surface area contributed by atoms with Crippen LogP contribution in [0.25, 0.3) is 0 Å². The predicted octanol–water partition coefficient (Wildman–Crippen LogP) is 4.75. The number of aryl methyl sites for hydroxylation is 1. The van der Waals surface area contributed by atoms with Crippen molar-refractivity contribution < 1.29 is 4.74 Å². The van der Waals surface area contributed by atoms with Crippen LogP contribution in [-0.2, 0) is 13.0 Å². The third-order valence-corrected chi connectivity index (χ3v) is 5.00. The maximum absolute atomic E-state index is 6.22. The number of nitrogens with one attached hydrogen (secondary N) is 1. The summed E-state index contributed by atoms with van der Waals surface area (Å²) in [7, 11) is 1.60. The van der Waals surface area contributed by atoms with Gasteiger partial charge in [0.25, 0.3) is 0 Å². The van der Waals surface area contributed by atoms with Crippen molar-refractivity contribution in [3.05, 3.63) is 70.5 Å². The number of halogens is 1. The first kappa shape index (κ1) is 17.6. The largest absolute Gasteiger partial charge is 0.495 e. The van der Waals surface area contributed by atoms with Crippen LogP contribution < -0.4 is 15.0 Å². The van der Waals surface area contributed by atoms with Crippen LogP contribution in [0.3, 0.4) is 0 Å². The van der Waals surface area contributed by atoms with E-state index < -0.39 is 0 Å². The first-order valence-corrected chi connectivity index (χ1v) is 9.28. The fourth-order valence-corrected chi connectivity index (χ4v) is 3.62. The third kappa shape index (κ3) is 3.83. The smallest absolute Gasteiger partial charge is 0.137 e. The minimum atomic E-state index is 0.557. The Hall–Kier alpha value is -2.79. The van der Waals surface area contributed by atoms with E-state index in [9.17, 15) is 0 Å². The van der Waals surface area contributed by atoms with E-state index in [4.69, 9.17) is 16.3 Å². The average Bonchev–Trinajstić information content (AvgIpc) is 2.67. The molecule has 0 unspecified atom stereocenters. The molecule has 0 fully saturated rings. The van der Waals surface area contributed by atoms with Crippen molar-refractivity contribution in [2.75, 3.05) is 23.9 Å². The Labute approximate surface area is 164 Å². The van der Waals surface area contributed by atoms with E-state index >= 15 is 0 Å². The molecule has 3 aromatic rings. The van der Waals surface area contributed by atoms with Gasteiger partial charge in [-0.3, -0.25) is 0 Å². The molecular formula is C21H21ClN4O. The summed E-state index contributed by atoms with van der Waals surface area (Å²) in [6.07, 6.45) is 1.02. The molecule has 1 aliphatic heterocycles. The molecule has 1 aromatic heterocycles. The lowest BCUT2D eigenvalue weighted by Crippen LogP contribution is -2.31. The molecule has 0 amide bonds. The standard InChI is InChI=1S/C21H21ClN4O/c1-14-23-20(25-17-7-8-19(27-2)18(22)11-17)12-21(24-14)26-10-9-15-5-3-4-6-16(15)13-26/h3-8,11-12H,9-10,13H2,1-2H3,(H,23,24,25). The summed E-state index contributed by atoms with van der Waals surface area (Å²) in [6.45, 7) is 3.72. The van der Waals surface area contributed by atoms with Gasteiger partial charge in [-0.15, -0.1) is 0 Å². The van der Waals surface area contributed by atoms with Gasteiger partial charge in [0.05, 0.1) is 12.1 Å². The molecule has 2 aromatic carbocycles. The Kier molecular flexibility index (Phi) is 4.86. The normalized spacial score (nSPS) is 13.2. The van der Waals surface area contributed by atoms with Crippen LogP contribution in [0.15, 0.2) is 48.5 Å². The maximum atomic E-state index is 6.22. The van der Waals surface area contributed by atoms with Crippen molar-refractivity contribution in [2.24, 2.45) is 0 Å². The van der Waals surface area contributed by atoms with Gasteiger partial charge in [-0.05, 0) is 42.7 Å². The summed E-state index contributed by atoms with van der Waals surface area (Å²) in [4.78, 5) is 11.5. The Balaban J connectivity index is 1.58. The van der Waals surface area contributed by atoms with E-state index in [0.717, 1.165) is 42.7 Å². The molecule has 0 saturated heterocycles. The van der Waals surface area contributed by atoms with Gasteiger partial charge in [-0.2, -0.15) is 0 Å². The van der Waals surface area contributed by atoms with E-state index in [2.05, 4.69) is 44.5 Å². The number of aromatic nitrogens is 2. The number of hydrogen-bond acceptors (Lipinski definition) is 5. The number of fused-ring (bicyclic) bond motifs is 1. The van der Waals surface area contributed by atoms with Crippen LogP contribution in [-0.4, -0.2) is 23.6 Å². The topological polar surface area (TPSA) is 50.3 Å². The number of hydrogen-bond donors (Lipinski definition) is 1. The molecular weight excluding hydrogens is 360 g/mol. The molecule has 0 spiro atoms. The highest BCUT2D eigenvalue weighted by molar-refractivity contribution is 6.32. The number of ether oxygens (including phenoxy) is 1. The summed E-state index contributed by atoms with van der Waals surface area (Å²) >= 11 is 6.22. The fraction of sp³-hybridized carbons (Fsp3) is 0.238. The van der Waals surface area contributed by atoms with Crippen LogP contribution in [0.4, 0.5) is 17.3 Å². The molecule has 4 rings (SSSR count). The average molecular weight is 381 g/mol. The lowest BCUT2D eigenvalue weighted by atomic mass is 10.00. The number of methoxy groups -OCH3 is 1. The van der Waals surface area contributed by atoms with E-state index in [-0.39, 0.29) is 0 Å². The zero-order valence-electron chi connectivity index (χ0n) is 15.4. The molecule has 1 aliphatic rings. The van der Waals surface area contributed by atoms with Crippen molar-refractivity contribution in [2.45, 2.75) is 19.9 Å². The van der Waals surface area contributed by atoms with E-state index in [1.54, 1.807) is 7.11 Å². The van der Waals surface area contributed by atoms with E-state index in [1.165, 1.54) is 11.1 Å². The van der Waals surface area contributed by atoms with Crippen LogP contribution in [0.1, 0.15) is 17.0 Å². The number of benzene rings is 2. The van der Waals surface area contributed by atoms with E-state index in [1.807, 2.05) is 31.2 Å². The molecule has 2 heterocycles. The Morgan fingerprint density at radius 2 is 1.89 bits per heavy atom. The molecule has 6 heteroatoms. The predicted molar refractivity (Wildman–Crippen MR) is 109 cm³/mol. The molecule has 27 heavy (non-hydrogen) atoms. The molecule has 0 bridgehead atoms. The molecule has 138 valence electrons. The first-order chi connectivity index (χ1) is 13.1. The molecule has 1 N–H and O–H groups in total. The van der Waals surface area contributed by atoms with Crippen molar-refractivity contribution in [3.8, 4) is 5.75 Å². The van der Waals surface area contributed by atoms with Crippen LogP contribution in [0, 0.1) is 6.92 Å². The van der Waals surface area contributed by atoms with Gasteiger partial charge in [-0.1, -0.05) is 35.9 Å². The SMILES string of the molecule is COc1ccc(Nc2cc(N3CCc4ccccc4C3)nc(C)n2)cc1Cl. The molecule has 5 nitrogen and oxygen atoms in total. The lowest BCUT2D eigenvalue weighted by molar-refractivity contribution is 0.415. The zero-order valence-corrected chi connectivity index (χ0v) is 16.1. The molecule has 0 radical (unpaired) electrons.